The van der Waals surface area contributed by atoms with Gasteiger partial charge in [0.15, 0.2) is 5.69 Å². The number of carbonyl (C=O) groups is 2. The topological polar surface area (TPSA) is 79.3 Å². The van der Waals surface area contributed by atoms with E-state index in [9.17, 15) is 9.59 Å². The van der Waals surface area contributed by atoms with E-state index in [1.54, 1.807) is 11.3 Å². The number of halogens is 1. The summed E-state index contributed by atoms with van der Waals surface area (Å²) in [6.07, 6.45) is 1.62. The summed E-state index contributed by atoms with van der Waals surface area (Å²) < 4.78 is 0. The van der Waals surface area contributed by atoms with Gasteiger partial charge in [-0.1, -0.05) is 11.6 Å². The van der Waals surface area contributed by atoms with Crippen molar-refractivity contribution in [2.45, 2.75) is 19.3 Å². The first-order chi connectivity index (χ1) is 10.0. The minimum atomic E-state index is -1.03. The molecule has 2 N–H and O–H groups in total. The van der Waals surface area contributed by atoms with Crippen LogP contribution in [0.3, 0.4) is 0 Å². The zero-order chi connectivity index (χ0) is 15.2. The molecule has 0 radical (unpaired) electrons. The second-order valence-corrected chi connectivity index (χ2v) is 6.64. The van der Waals surface area contributed by atoms with Gasteiger partial charge in [-0.05, 0) is 12.5 Å². The van der Waals surface area contributed by atoms with Crippen LogP contribution < -0.4 is 5.32 Å². The fourth-order valence-corrected chi connectivity index (χ4v) is 3.49. The van der Waals surface area contributed by atoms with E-state index >= 15 is 0 Å². The monoisotopic (exact) mass is 344 g/mol. The molecule has 8 heteroatoms. The Morgan fingerprint density at radius 3 is 2.71 bits per heavy atom. The quantitative estimate of drug-likeness (QED) is 0.809. The van der Waals surface area contributed by atoms with Crippen LogP contribution in [0.4, 0.5) is 0 Å². The molecule has 0 atom stereocenters. The highest BCUT2D eigenvalue weighted by atomic mass is 35.5. The van der Waals surface area contributed by atoms with Gasteiger partial charge >= 0.3 is 5.97 Å². The third-order valence-electron chi connectivity index (χ3n) is 2.65. The van der Waals surface area contributed by atoms with Crippen molar-refractivity contribution in [2.24, 2.45) is 0 Å². The van der Waals surface area contributed by atoms with Crippen molar-refractivity contribution in [3.8, 4) is 0 Å². The van der Waals surface area contributed by atoms with Crippen molar-refractivity contribution in [1.82, 2.24) is 10.3 Å². The Morgan fingerprint density at radius 2 is 2.10 bits per heavy atom. The average molecular weight is 345 g/mol. The highest BCUT2D eigenvalue weighted by Crippen LogP contribution is 2.20. The van der Waals surface area contributed by atoms with E-state index in [1.807, 2.05) is 11.4 Å². The van der Waals surface area contributed by atoms with Crippen LogP contribution in [0.5, 0.6) is 0 Å². The van der Waals surface area contributed by atoms with Gasteiger partial charge in [0.25, 0.3) is 0 Å². The Hall–Kier alpha value is -1.44. The van der Waals surface area contributed by atoms with Gasteiger partial charge in [-0.2, -0.15) is 0 Å². The first kappa shape index (κ1) is 15.9. The third-order valence-corrected chi connectivity index (χ3v) is 4.90. The van der Waals surface area contributed by atoms with E-state index in [2.05, 4.69) is 10.3 Å². The van der Waals surface area contributed by atoms with Crippen LogP contribution in [0.25, 0.3) is 0 Å². The number of carboxylic acids is 1. The van der Waals surface area contributed by atoms with Gasteiger partial charge in [0.2, 0.25) is 5.91 Å². The van der Waals surface area contributed by atoms with Gasteiger partial charge in [-0.25, -0.2) is 9.78 Å². The number of carboxylic acid groups (broad SMARTS) is 1. The number of nitrogens with zero attached hydrogens (tertiary/aromatic N) is 1. The first-order valence-electron chi connectivity index (χ1n) is 6.22. The molecule has 0 aliphatic rings. The first-order valence-corrected chi connectivity index (χ1v) is 8.35. The van der Waals surface area contributed by atoms with Gasteiger partial charge in [0, 0.05) is 35.0 Å². The molecule has 1 amide bonds. The maximum Gasteiger partial charge on any atom is 0.355 e. The molecule has 112 valence electrons. The number of rotatable bonds is 7. The number of aromatic carboxylic acids is 1. The lowest BCUT2D eigenvalue weighted by atomic mass is 10.2. The molecule has 0 aliphatic heterocycles. The molecule has 0 saturated heterocycles. The summed E-state index contributed by atoms with van der Waals surface area (Å²) in [7, 11) is 0. The molecular weight excluding hydrogens is 332 g/mol. The molecule has 2 aromatic heterocycles. The number of amides is 1. The Balaban J connectivity index is 1.67. The predicted molar refractivity (Wildman–Crippen MR) is 83.4 cm³/mol. The fourth-order valence-electron chi connectivity index (χ4n) is 1.64. The van der Waals surface area contributed by atoms with Crippen molar-refractivity contribution in [3.63, 3.8) is 0 Å². The summed E-state index contributed by atoms with van der Waals surface area (Å²) in [4.78, 5) is 27.4. The number of aromatic nitrogens is 1. The second-order valence-electron chi connectivity index (χ2n) is 4.26. The van der Waals surface area contributed by atoms with Gasteiger partial charge in [-0.15, -0.1) is 22.7 Å². The second kappa shape index (κ2) is 7.53. The number of thiazole rings is 1. The SMILES string of the molecule is O=C(CCc1cc(Cl)cs1)NCCc1nc(C(=O)O)cs1. The van der Waals surface area contributed by atoms with Crippen LogP contribution in [0.2, 0.25) is 5.02 Å². The Labute approximate surface area is 134 Å². The molecule has 0 unspecified atom stereocenters. The molecule has 2 rings (SSSR count). The van der Waals surface area contributed by atoms with Crippen LogP contribution in [-0.4, -0.2) is 28.5 Å². The summed E-state index contributed by atoms with van der Waals surface area (Å²) in [5.74, 6) is -1.06. The van der Waals surface area contributed by atoms with Crippen LogP contribution in [0.1, 0.15) is 26.8 Å². The summed E-state index contributed by atoms with van der Waals surface area (Å²) in [6, 6.07) is 1.86. The summed E-state index contributed by atoms with van der Waals surface area (Å²) in [5, 5.41) is 16.3. The van der Waals surface area contributed by atoms with Gasteiger partial charge in [-0.3, -0.25) is 4.79 Å². The van der Waals surface area contributed by atoms with Crippen LogP contribution in [0.15, 0.2) is 16.8 Å². The lowest BCUT2D eigenvalue weighted by Crippen LogP contribution is -2.25. The van der Waals surface area contributed by atoms with Crippen molar-refractivity contribution in [3.05, 3.63) is 37.4 Å². The van der Waals surface area contributed by atoms with Crippen molar-refractivity contribution in [2.75, 3.05) is 6.54 Å². The minimum absolute atomic E-state index is 0.0328. The van der Waals surface area contributed by atoms with E-state index in [-0.39, 0.29) is 11.6 Å². The summed E-state index contributed by atoms with van der Waals surface area (Å²) in [5.41, 5.74) is 0.0518. The molecule has 21 heavy (non-hydrogen) atoms. The smallest absolute Gasteiger partial charge is 0.355 e. The molecular formula is C13H13ClN2O3S2. The zero-order valence-corrected chi connectivity index (χ0v) is 13.4. The average Bonchev–Trinajstić information content (AvgIpc) is 3.05. The Bertz CT molecular complexity index is 639. The fraction of sp³-hybridized carbons (Fsp3) is 0.308. The van der Waals surface area contributed by atoms with Gasteiger partial charge in [0.1, 0.15) is 0 Å². The third kappa shape index (κ3) is 5.11. The molecule has 0 fully saturated rings. The van der Waals surface area contributed by atoms with Crippen molar-refractivity contribution in [1.29, 1.82) is 0 Å². The molecule has 0 aromatic carbocycles. The van der Waals surface area contributed by atoms with Gasteiger partial charge in [0.05, 0.1) is 10.0 Å². The Kier molecular flexibility index (Phi) is 5.72. The summed E-state index contributed by atoms with van der Waals surface area (Å²) in [6.45, 7) is 0.455. The number of nitrogens with one attached hydrogen (secondary N) is 1. The number of thiophene rings is 1. The van der Waals surface area contributed by atoms with E-state index < -0.39 is 5.97 Å². The zero-order valence-electron chi connectivity index (χ0n) is 11.0. The van der Waals surface area contributed by atoms with E-state index in [0.29, 0.717) is 35.8 Å². The maximum atomic E-state index is 11.7. The number of hydrogen-bond donors (Lipinski definition) is 2. The molecule has 0 bridgehead atoms. The molecule has 2 heterocycles. The van der Waals surface area contributed by atoms with Crippen LogP contribution in [0, 0.1) is 0 Å². The van der Waals surface area contributed by atoms with Crippen LogP contribution in [-0.2, 0) is 17.6 Å². The maximum absolute atomic E-state index is 11.7. The number of aryl methyl sites for hydroxylation is 1. The van der Waals surface area contributed by atoms with Crippen LogP contribution >= 0.6 is 34.3 Å². The van der Waals surface area contributed by atoms with Crippen molar-refractivity contribution < 1.29 is 14.7 Å². The Morgan fingerprint density at radius 1 is 1.29 bits per heavy atom. The van der Waals surface area contributed by atoms with Crippen molar-refractivity contribution >= 4 is 46.2 Å². The highest BCUT2D eigenvalue weighted by molar-refractivity contribution is 7.10. The normalized spacial score (nSPS) is 10.5. The number of hydrogen-bond acceptors (Lipinski definition) is 5. The molecule has 2 aromatic rings. The van der Waals surface area contributed by atoms with Gasteiger partial charge < -0.3 is 10.4 Å². The predicted octanol–water partition coefficient (Wildman–Crippen LogP) is 2.85. The largest absolute Gasteiger partial charge is 0.476 e. The van der Waals surface area contributed by atoms with E-state index in [0.717, 1.165) is 4.88 Å². The summed E-state index contributed by atoms with van der Waals surface area (Å²) >= 11 is 8.64. The minimum Gasteiger partial charge on any atom is -0.476 e. The molecule has 0 saturated carbocycles. The highest BCUT2D eigenvalue weighted by Gasteiger charge is 2.09. The standard InChI is InChI=1S/C13H13ClN2O3S2/c14-8-5-9(20-6-8)1-2-11(17)15-4-3-12-16-10(7-21-12)13(18)19/h5-7H,1-4H2,(H,15,17)(H,18,19). The lowest BCUT2D eigenvalue weighted by molar-refractivity contribution is -0.121. The lowest BCUT2D eigenvalue weighted by Gasteiger charge is -2.02. The van der Waals surface area contributed by atoms with E-state index in [4.69, 9.17) is 16.7 Å². The van der Waals surface area contributed by atoms with E-state index in [1.165, 1.54) is 16.7 Å². The molecule has 5 nitrogen and oxygen atoms in total. The molecule has 0 spiro atoms. The number of carbonyl (C=O) groups excluding carboxylic acids is 1. The molecule has 0 aliphatic carbocycles.